The average molecular weight is 609 g/mol. The molecule has 2 saturated carbocycles. The maximum Gasteiger partial charge on any atom is 0.179 e. The molecular weight excluding hydrogens is 561 g/mol. The van der Waals surface area contributed by atoms with Gasteiger partial charge >= 0.3 is 0 Å². The van der Waals surface area contributed by atoms with Crippen molar-refractivity contribution in [3.05, 3.63) is 109 Å². The highest BCUT2D eigenvalue weighted by Crippen LogP contribution is 2.50. The third-order valence-corrected chi connectivity index (χ3v) is 18.6. The summed E-state index contributed by atoms with van der Waals surface area (Å²) in [4.78, 5) is 0. The third kappa shape index (κ3) is 4.13. The summed E-state index contributed by atoms with van der Waals surface area (Å²) in [6.45, 7) is 8.23. The Morgan fingerprint density at radius 3 is 0.889 bits per heavy atom. The average Bonchev–Trinajstić information content (AvgIpc) is 3.06. The normalized spacial score (nSPS) is 36.0. The predicted molar refractivity (Wildman–Crippen MR) is 191 cm³/mol. The van der Waals surface area contributed by atoms with Gasteiger partial charge in [0, 0.05) is 35.5 Å². The van der Waals surface area contributed by atoms with Crippen LogP contribution in [-0.4, -0.2) is 47.3 Å². The Morgan fingerprint density at radius 1 is 0.333 bits per heavy atom. The highest BCUT2D eigenvalue weighted by atomic mass is 28.3. The minimum Gasteiger partial charge on any atom is -0.290 e. The summed E-state index contributed by atoms with van der Waals surface area (Å²) in [5.41, 5.74) is 3.16. The maximum atomic E-state index is 2.57. The lowest BCUT2D eigenvalue weighted by Crippen LogP contribution is -2.75. The Hall–Kier alpha value is -2.98. The number of piperidine rings is 6. The van der Waals surface area contributed by atoms with Crippen LogP contribution in [0.4, 0.5) is 11.4 Å². The Morgan fingerprint density at radius 2 is 0.600 bits per heavy atom. The first-order valence-corrected chi connectivity index (χ1v) is 20.2. The van der Waals surface area contributed by atoms with Crippen LogP contribution in [0, 0.1) is 35.5 Å². The van der Waals surface area contributed by atoms with Crippen molar-refractivity contribution in [3.63, 3.8) is 0 Å². The van der Waals surface area contributed by atoms with Gasteiger partial charge in [-0.15, -0.1) is 0 Å². The Kier molecular flexibility index (Phi) is 6.04. The molecule has 8 aliphatic rings. The second-order valence-corrected chi connectivity index (χ2v) is 20.4. The number of nitrogens with zero attached hydrogens (tertiary/aromatic N) is 2. The van der Waals surface area contributed by atoms with Crippen molar-refractivity contribution in [1.29, 1.82) is 0 Å². The van der Waals surface area contributed by atoms with E-state index in [1.807, 2.05) is 0 Å². The van der Waals surface area contributed by atoms with Crippen LogP contribution in [0.1, 0.15) is 38.5 Å². The van der Waals surface area contributed by atoms with Gasteiger partial charge in [0.05, 0.1) is 39.3 Å². The molecule has 2 aliphatic carbocycles. The lowest BCUT2D eigenvalue weighted by molar-refractivity contribution is -0.0123. The Labute approximate surface area is 270 Å². The molecule has 0 radical (unpaired) electrons. The summed E-state index contributed by atoms with van der Waals surface area (Å²) in [6, 6.07) is 43.7. The zero-order valence-electron chi connectivity index (χ0n) is 26.7. The topological polar surface area (TPSA) is 0 Å². The predicted octanol–water partition coefficient (Wildman–Crippen LogP) is 5.80. The molecule has 0 atom stereocenters. The Balaban J connectivity index is 1.10. The molecule has 3 heteroatoms. The summed E-state index contributed by atoms with van der Waals surface area (Å²) < 4.78 is 2.51. The highest BCUT2D eigenvalue weighted by Gasteiger charge is 2.54. The van der Waals surface area contributed by atoms with Crippen molar-refractivity contribution in [2.75, 3.05) is 39.3 Å². The van der Waals surface area contributed by atoms with Crippen molar-refractivity contribution in [2.24, 2.45) is 35.5 Å². The SMILES string of the molecule is c1ccc([Si](c2ccccc2)(c2ccc([N+]34CC5CC(CC(C5)C3)C4)cc2)c2ccc([N+]34CC5CC(CC(C5)C3)C4)cc2)cc1. The molecular formula is C42H48N2Si+2. The van der Waals surface area contributed by atoms with Gasteiger partial charge in [0.2, 0.25) is 0 Å². The lowest BCUT2D eigenvalue weighted by Gasteiger charge is -2.57. The quantitative estimate of drug-likeness (QED) is 0.148. The van der Waals surface area contributed by atoms with E-state index in [-0.39, 0.29) is 0 Å². The fraction of sp³-hybridized carbons (Fsp3) is 0.429. The molecule has 6 heterocycles. The lowest BCUT2D eigenvalue weighted by atomic mass is 9.66. The number of benzene rings is 4. The van der Waals surface area contributed by atoms with Gasteiger partial charge in [0.25, 0.3) is 0 Å². The standard InChI is InChI=1S/C42H48N2Si/c1-3-7-39(8-4-1)45(40-9-5-2-6-10-40,41-15-11-37(12-16-41)43-25-31-19-32(26-43)21-33(20-31)27-43)42-17-13-38(14-18-42)44-28-34-22-35(29-44)24-36(23-34)30-44/h1-18,31-36H,19-30H2/q+2. The summed E-state index contributed by atoms with van der Waals surface area (Å²) in [7, 11) is -2.54. The van der Waals surface area contributed by atoms with Crippen LogP contribution in [0.3, 0.4) is 0 Å². The van der Waals surface area contributed by atoms with Crippen LogP contribution >= 0.6 is 0 Å². The highest BCUT2D eigenvalue weighted by molar-refractivity contribution is 7.19. The molecule has 0 spiro atoms. The maximum absolute atomic E-state index is 2.57. The number of hydrogen-bond donors (Lipinski definition) is 0. The van der Waals surface area contributed by atoms with Crippen LogP contribution < -0.4 is 29.7 Å². The van der Waals surface area contributed by atoms with Gasteiger partial charge in [-0.1, -0.05) is 84.9 Å². The van der Waals surface area contributed by atoms with Gasteiger partial charge in [-0.05, 0) is 83.5 Å². The number of hydrogen-bond acceptors (Lipinski definition) is 0. The molecule has 0 amide bonds. The smallest absolute Gasteiger partial charge is 0.179 e. The summed E-state index contributed by atoms with van der Waals surface area (Å²) in [5.74, 6) is 5.69. The van der Waals surface area contributed by atoms with Crippen molar-refractivity contribution in [3.8, 4) is 0 Å². The van der Waals surface area contributed by atoms with E-state index in [4.69, 9.17) is 0 Å². The molecule has 45 heavy (non-hydrogen) atoms. The first-order chi connectivity index (χ1) is 22.1. The van der Waals surface area contributed by atoms with Crippen molar-refractivity contribution in [1.82, 2.24) is 8.97 Å². The minimum atomic E-state index is -2.54. The molecule has 6 aliphatic heterocycles. The molecule has 0 N–H and O–H groups in total. The van der Waals surface area contributed by atoms with E-state index in [0.717, 1.165) is 35.5 Å². The third-order valence-electron chi connectivity index (χ3n) is 13.8. The molecule has 0 aromatic heterocycles. The largest absolute Gasteiger partial charge is 0.290 e. The first kappa shape index (κ1) is 27.2. The second-order valence-electron chi connectivity index (χ2n) is 16.6. The van der Waals surface area contributed by atoms with E-state index in [9.17, 15) is 0 Å². The molecule has 228 valence electrons. The van der Waals surface area contributed by atoms with Gasteiger partial charge < -0.3 is 0 Å². The molecule has 8 bridgehead atoms. The molecule has 12 rings (SSSR count). The van der Waals surface area contributed by atoms with Crippen LogP contribution in [-0.2, 0) is 0 Å². The fourth-order valence-electron chi connectivity index (χ4n) is 12.8. The van der Waals surface area contributed by atoms with Crippen LogP contribution in [0.5, 0.6) is 0 Å². The zero-order chi connectivity index (χ0) is 29.6. The molecule has 2 nitrogen and oxygen atoms in total. The van der Waals surface area contributed by atoms with Gasteiger partial charge in [0.15, 0.2) is 8.07 Å². The van der Waals surface area contributed by atoms with E-state index in [1.54, 1.807) is 11.4 Å². The van der Waals surface area contributed by atoms with E-state index < -0.39 is 8.07 Å². The summed E-state index contributed by atoms with van der Waals surface area (Å²) >= 11 is 0. The summed E-state index contributed by atoms with van der Waals surface area (Å²) in [6.07, 6.45) is 8.94. The molecule has 6 saturated heterocycles. The Bertz CT molecular complexity index is 1490. The van der Waals surface area contributed by atoms with Crippen molar-refractivity contribution >= 4 is 40.2 Å². The van der Waals surface area contributed by atoms with Crippen LogP contribution in [0.25, 0.3) is 0 Å². The zero-order valence-corrected chi connectivity index (χ0v) is 27.7. The molecule has 8 fully saturated rings. The first-order valence-electron chi connectivity index (χ1n) is 18.2. The number of rotatable bonds is 6. The van der Waals surface area contributed by atoms with E-state index in [2.05, 4.69) is 109 Å². The summed E-state index contributed by atoms with van der Waals surface area (Å²) in [5, 5.41) is 6.03. The molecule has 4 aromatic carbocycles. The van der Waals surface area contributed by atoms with Gasteiger partial charge in [-0.2, -0.15) is 0 Å². The minimum absolute atomic E-state index is 0.948. The second kappa shape index (κ2) is 10.0. The van der Waals surface area contributed by atoms with E-state index in [1.165, 1.54) is 108 Å². The van der Waals surface area contributed by atoms with E-state index >= 15 is 0 Å². The van der Waals surface area contributed by atoms with Crippen molar-refractivity contribution < 1.29 is 0 Å². The molecule has 0 unspecified atom stereocenters. The molecule has 4 aromatic rings. The van der Waals surface area contributed by atoms with Gasteiger partial charge in [-0.25, -0.2) is 0 Å². The van der Waals surface area contributed by atoms with Gasteiger partial charge in [0.1, 0.15) is 11.4 Å². The van der Waals surface area contributed by atoms with Crippen molar-refractivity contribution in [2.45, 2.75) is 38.5 Å². The van der Waals surface area contributed by atoms with E-state index in [0.29, 0.717) is 0 Å². The number of quaternary nitrogens is 2. The fourth-order valence-corrected chi connectivity index (χ4v) is 17.5. The van der Waals surface area contributed by atoms with Crippen LogP contribution in [0.15, 0.2) is 109 Å². The van der Waals surface area contributed by atoms with Gasteiger partial charge in [-0.3, -0.25) is 8.97 Å². The monoisotopic (exact) mass is 608 g/mol. The van der Waals surface area contributed by atoms with Crippen LogP contribution in [0.2, 0.25) is 0 Å².